The second kappa shape index (κ2) is 15.2. The van der Waals surface area contributed by atoms with Crippen LogP contribution in [0.3, 0.4) is 0 Å². The number of methoxy groups -OCH3 is 1. The van der Waals surface area contributed by atoms with E-state index in [9.17, 15) is 27.6 Å². The van der Waals surface area contributed by atoms with Crippen molar-refractivity contribution in [3.63, 3.8) is 0 Å². The van der Waals surface area contributed by atoms with Gasteiger partial charge in [0.1, 0.15) is 35.9 Å². The molecule has 0 unspecified atom stereocenters. The summed E-state index contributed by atoms with van der Waals surface area (Å²) in [5.74, 6) is 1.48. The van der Waals surface area contributed by atoms with Crippen LogP contribution in [-0.4, -0.2) is 47.6 Å². The van der Waals surface area contributed by atoms with E-state index in [1.807, 2.05) is 91.0 Å². The van der Waals surface area contributed by atoms with Gasteiger partial charge >= 0.3 is 11.9 Å². The number of halogens is 3. The van der Waals surface area contributed by atoms with Crippen molar-refractivity contribution >= 4 is 5.91 Å². The van der Waals surface area contributed by atoms with Crippen molar-refractivity contribution in [2.45, 2.75) is 36.6 Å². The lowest BCUT2D eigenvalue weighted by molar-refractivity contribution is -0.140. The van der Waals surface area contributed by atoms with Crippen LogP contribution in [0.1, 0.15) is 45.3 Å². The first-order valence-corrected chi connectivity index (χ1v) is 16.2. The fourth-order valence-corrected chi connectivity index (χ4v) is 6.34. The number of carbonyl (C=O) groups excluding carboxylic acids is 1. The van der Waals surface area contributed by atoms with Crippen LogP contribution in [0.5, 0.6) is 5.75 Å². The normalized spacial score (nSPS) is 17.4. The number of benzene rings is 4. The van der Waals surface area contributed by atoms with E-state index in [0.29, 0.717) is 16.5 Å². The number of rotatable bonds is 11. The fourth-order valence-electron chi connectivity index (χ4n) is 6.34. The smallest absolute Gasteiger partial charge is 0.423 e. The number of hydrogen-bond donors (Lipinski definition) is 0. The maximum Gasteiger partial charge on any atom is 0.423 e. The molecule has 1 fully saturated rings. The van der Waals surface area contributed by atoms with Gasteiger partial charge in [-0.1, -0.05) is 96.9 Å². The molecule has 0 radical (unpaired) electrons. The number of ether oxygens (including phenoxy) is 4. The van der Waals surface area contributed by atoms with E-state index < -0.39 is 52.9 Å². The summed E-state index contributed by atoms with van der Waals surface area (Å²) in [5.41, 5.74) is -3.89. The molecule has 266 valence electrons. The van der Waals surface area contributed by atoms with Crippen LogP contribution in [0.2, 0.25) is 0 Å². The minimum absolute atomic E-state index is 0.0413. The lowest BCUT2D eigenvalue weighted by Gasteiger charge is -2.37. The Kier molecular flexibility index (Phi) is 10.6. The Hall–Kier alpha value is -5.74. The van der Waals surface area contributed by atoms with E-state index in [4.69, 9.17) is 25.4 Å². The van der Waals surface area contributed by atoms with Gasteiger partial charge < -0.3 is 18.9 Å². The molecule has 2 heterocycles. The molecule has 6 rings (SSSR count). The van der Waals surface area contributed by atoms with Crippen molar-refractivity contribution in [1.82, 2.24) is 9.13 Å². The second-order valence-corrected chi connectivity index (χ2v) is 11.9. The van der Waals surface area contributed by atoms with E-state index in [1.54, 1.807) is 0 Å². The Morgan fingerprint density at radius 2 is 1.40 bits per heavy atom. The molecular weight excluding hydrogens is 677 g/mol. The monoisotopic (exact) mass is 710 g/mol. The second-order valence-electron chi connectivity index (χ2n) is 11.9. The average molecular weight is 711 g/mol. The summed E-state index contributed by atoms with van der Waals surface area (Å²) in [7, 11) is 1.39. The Morgan fingerprint density at radius 3 is 1.88 bits per heavy atom. The van der Waals surface area contributed by atoms with Crippen LogP contribution < -0.4 is 16.0 Å². The van der Waals surface area contributed by atoms with E-state index in [0.717, 1.165) is 16.7 Å². The molecule has 0 aliphatic carbocycles. The van der Waals surface area contributed by atoms with Gasteiger partial charge in [0.15, 0.2) is 0 Å². The van der Waals surface area contributed by atoms with Gasteiger partial charge in [-0.15, -0.1) is 6.42 Å². The Labute approximate surface area is 296 Å². The largest absolute Gasteiger partial charge is 0.497 e. The summed E-state index contributed by atoms with van der Waals surface area (Å²) in [6.45, 7) is -0.341. The third kappa shape index (κ3) is 7.07. The molecule has 3 atom stereocenters. The molecule has 52 heavy (non-hydrogen) atoms. The molecule has 0 saturated carbocycles. The van der Waals surface area contributed by atoms with Crippen LogP contribution >= 0.6 is 0 Å². The fraction of sp³-hybridized carbons (Fsp3) is 0.225. The maximum absolute atomic E-state index is 14.3. The molecule has 1 saturated heterocycles. The topological polar surface area (TPSA) is 98.0 Å². The van der Waals surface area contributed by atoms with E-state index in [-0.39, 0.29) is 29.8 Å². The number of alkyl halides is 3. The van der Waals surface area contributed by atoms with Crippen LogP contribution in [0.4, 0.5) is 13.2 Å². The van der Waals surface area contributed by atoms with Crippen LogP contribution in [-0.2, 0) is 26.0 Å². The molecular formula is C40H33F3N2O7. The third-order valence-corrected chi connectivity index (χ3v) is 8.84. The molecule has 4 aromatic carbocycles. The minimum Gasteiger partial charge on any atom is -0.497 e. The number of carbonyl (C=O) groups is 1. The van der Waals surface area contributed by atoms with E-state index in [1.165, 1.54) is 31.4 Å². The van der Waals surface area contributed by atoms with Crippen molar-refractivity contribution < 1.29 is 36.9 Å². The first-order valence-electron chi connectivity index (χ1n) is 16.2. The number of aromatic nitrogens is 2. The summed E-state index contributed by atoms with van der Waals surface area (Å²) < 4.78 is 67.5. The summed E-state index contributed by atoms with van der Waals surface area (Å²) in [4.78, 5) is 40.4. The summed E-state index contributed by atoms with van der Waals surface area (Å²) in [6, 6.07) is 33.7. The minimum atomic E-state index is -5.21. The Morgan fingerprint density at radius 1 is 0.865 bits per heavy atom. The highest BCUT2D eigenvalue weighted by Crippen LogP contribution is 2.42. The van der Waals surface area contributed by atoms with Gasteiger partial charge in [-0.2, -0.15) is 17.7 Å². The highest BCUT2D eigenvalue weighted by atomic mass is 19.4. The predicted molar refractivity (Wildman–Crippen MR) is 185 cm³/mol. The van der Waals surface area contributed by atoms with Crippen molar-refractivity contribution in [1.29, 1.82) is 0 Å². The number of hydrogen-bond acceptors (Lipinski definition) is 7. The summed E-state index contributed by atoms with van der Waals surface area (Å²) in [6.07, 6.45) is -2.73. The van der Waals surface area contributed by atoms with Crippen molar-refractivity contribution in [2.75, 3.05) is 20.3 Å². The molecule has 0 spiro atoms. The molecule has 0 bridgehead atoms. The number of nitrogens with zero attached hydrogens (tertiary/aromatic N) is 2. The van der Waals surface area contributed by atoms with Gasteiger partial charge in [-0.3, -0.25) is 14.2 Å². The SMILES string of the molecule is C#CCO[C@H]1C[C@H](n2cc(C(F)(F)F)c(=O)n(C(=O)c3ccc(OC)cc3)c2=O)O[C@@H]1COC(c1ccccc1)(c1ccccc1)c1ccccc1. The highest BCUT2D eigenvalue weighted by molar-refractivity contribution is 5.95. The zero-order chi connectivity index (χ0) is 36.9. The van der Waals surface area contributed by atoms with E-state index in [2.05, 4.69) is 5.92 Å². The van der Waals surface area contributed by atoms with Crippen LogP contribution in [0.25, 0.3) is 0 Å². The van der Waals surface area contributed by atoms with Crippen molar-refractivity contribution in [2.24, 2.45) is 0 Å². The van der Waals surface area contributed by atoms with Crippen LogP contribution in [0, 0.1) is 12.3 Å². The summed E-state index contributed by atoms with van der Waals surface area (Å²) in [5, 5.41) is 0. The molecule has 12 heteroatoms. The molecule has 5 aromatic rings. The Balaban J connectivity index is 1.41. The van der Waals surface area contributed by atoms with Gasteiger partial charge in [0, 0.05) is 18.2 Å². The number of terminal acetylenes is 1. The van der Waals surface area contributed by atoms with Gasteiger partial charge in [-0.25, -0.2) is 4.79 Å². The van der Waals surface area contributed by atoms with Crippen LogP contribution in [0.15, 0.2) is 131 Å². The van der Waals surface area contributed by atoms with E-state index >= 15 is 0 Å². The zero-order valence-corrected chi connectivity index (χ0v) is 27.9. The van der Waals surface area contributed by atoms with Gasteiger partial charge in [0.05, 0.1) is 19.8 Å². The zero-order valence-electron chi connectivity index (χ0n) is 27.9. The molecule has 0 N–H and O–H groups in total. The molecule has 0 amide bonds. The lowest BCUT2D eigenvalue weighted by atomic mass is 9.80. The summed E-state index contributed by atoms with van der Waals surface area (Å²) >= 11 is 0. The van der Waals surface area contributed by atoms with Gasteiger partial charge in [0.25, 0.3) is 11.5 Å². The lowest BCUT2D eigenvalue weighted by Crippen LogP contribution is -2.47. The highest BCUT2D eigenvalue weighted by Gasteiger charge is 2.44. The molecule has 1 aromatic heterocycles. The maximum atomic E-state index is 14.3. The van der Waals surface area contributed by atoms with Gasteiger partial charge in [-0.05, 0) is 41.0 Å². The Bertz CT molecular complexity index is 2070. The molecule has 1 aliphatic rings. The first kappa shape index (κ1) is 36.1. The average Bonchev–Trinajstić information content (AvgIpc) is 3.57. The van der Waals surface area contributed by atoms with Crippen molar-refractivity contribution in [3.05, 3.63) is 170 Å². The third-order valence-electron chi connectivity index (χ3n) is 8.84. The molecule has 9 nitrogen and oxygen atoms in total. The molecule has 1 aliphatic heterocycles. The van der Waals surface area contributed by atoms with Crippen molar-refractivity contribution in [3.8, 4) is 18.1 Å². The standard InChI is InChI=1S/C40H33F3N2O7/c1-3-23-50-33-24-35(44-25-32(40(41,42)43)37(47)45(38(44)48)36(46)27-19-21-31(49-2)22-20-27)52-34(33)26-51-39(28-13-7-4-8-14-28,29-15-9-5-10-16-29)30-17-11-6-12-18-30/h1,4-22,25,33-35H,23-24,26H2,2H3/t33-,34+,35+/m0/s1. The quantitative estimate of drug-likeness (QED) is 0.122. The predicted octanol–water partition coefficient (Wildman–Crippen LogP) is 6.04. The first-order chi connectivity index (χ1) is 25.1. The van der Waals surface area contributed by atoms with Gasteiger partial charge in [0.2, 0.25) is 0 Å².